The predicted octanol–water partition coefficient (Wildman–Crippen LogP) is 7.31. The molecule has 4 rings (SSSR count). The minimum Gasteiger partial charge on any atom is -0.379 e. The van der Waals surface area contributed by atoms with E-state index in [2.05, 4.69) is 15.3 Å². The molecule has 0 fully saturated rings. The van der Waals surface area contributed by atoms with Crippen molar-refractivity contribution in [1.82, 2.24) is 9.97 Å². The molecular weight excluding hydrogens is 505 g/mol. The fourth-order valence-corrected chi connectivity index (χ4v) is 3.99. The first-order chi connectivity index (χ1) is 16.1. The van der Waals surface area contributed by atoms with Crippen LogP contribution in [0.3, 0.4) is 0 Å². The largest absolute Gasteiger partial charge is 0.379 e. The lowest BCUT2D eigenvalue weighted by atomic mass is 10.1. The van der Waals surface area contributed by atoms with E-state index in [-0.39, 0.29) is 26.7 Å². The Morgan fingerprint density at radius 3 is 1.82 bits per heavy atom. The molecule has 2 heterocycles. The maximum Gasteiger partial charge on any atom is 0.329 e. The van der Waals surface area contributed by atoms with Gasteiger partial charge in [-0.25, -0.2) is 9.97 Å². The summed E-state index contributed by atoms with van der Waals surface area (Å²) in [5.41, 5.74) is 1.11. The molecule has 0 radical (unpaired) electrons. The van der Waals surface area contributed by atoms with Gasteiger partial charge in [-0.3, -0.25) is 20.2 Å². The number of nitrogens with one attached hydrogen (secondary N) is 1. The molecule has 0 aliphatic heterocycles. The lowest BCUT2D eigenvalue weighted by molar-refractivity contribution is -0.384. The first-order valence-corrected chi connectivity index (χ1v) is 11.1. The minimum absolute atomic E-state index is 0.0237. The Labute approximate surface area is 209 Å². The van der Waals surface area contributed by atoms with Crippen molar-refractivity contribution in [3.63, 3.8) is 0 Å². The van der Waals surface area contributed by atoms with Gasteiger partial charge in [-0.2, -0.15) is 0 Å². The molecule has 0 amide bonds. The Morgan fingerprint density at radius 1 is 0.824 bits per heavy atom. The van der Waals surface area contributed by atoms with E-state index < -0.39 is 9.85 Å². The van der Waals surface area contributed by atoms with Crippen molar-refractivity contribution in [2.24, 2.45) is 5.92 Å². The number of benzene rings is 2. The molecule has 0 bridgehead atoms. The van der Waals surface area contributed by atoms with Gasteiger partial charge in [0.2, 0.25) is 10.3 Å². The lowest BCUT2D eigenvalue weighted by Crippen LogP contribution is -2.10. The maximum atomic E-state index is 11.2. The third-order valence-electron chi connectivity index (χ3n) is 4.64. The summed E-state index contributed by atoms with van der Waals surface area (Å²) in [7, 11) is 0. The molecule has 0 aliphatic carbocycles. The second-order valence-electron chi connectivity index (χ2n) is 7.51. The molecule has 0 atom stereocenters. The van der Waals surface area contributed by atoms with Crippen LogP contribution < -0.4 is 5.32 Å². The molecule has 2 aromatic heterocycles. The van der Waals surface area contributed by atoms with Gasteiger partial charge in [0, 0.05) is 17.3 Å². The highest BCUT2D eigenvalue weighted by molar-refractivity contribution is 6.41. The number of anilines is 1. The first kappa shape index (κ1) is 25.4. The van der Waals surface area contributed by atoms with Crippen molar-refractivity contribution in [2.75, 3.05) is 11.9 Å². The van der Waals surface area contributed by atoms with E-state index >= 15 is 0 Å². The van der Waals surface area contributed by atoms with Crippen LogP contribution >= 0.6 is 34.8 Å². The van der Waals surface area contributed by atoms with Crippen molar-refractivity contribution in [3.05, 3.63) is 84.1 Å². The highest BCUT2D eigenvalue weighted by Crippen LogP contribution is 2.38. The van der Waals surface area contributed by atoms with Crippen LogP contribution in [0.25, 0.3) is 21.8 Å². The molecule has 2 aromatic carbocycles. The quantitative estimate of drug-likeness (QED) is 0.165. The summed E-state index contributed by atoms with van der Waals surface area (Å²) in [6.07, 6.45) is 0. The summed E-state index contributed by atoms with van der Waals surface area (Å²) >= 11 is 17.5. The van der Waals surface area contributed by atoms with E-state index in [0.717, 1.165) is 0 Å². The second kappa shape index (κ2) is 10.8. The van der Waals surface area contributed by atoms with Gasteiger partial charge >= 0.3 is 11.4 Å². The molecule has 176 valence electrons. The minimum atomic E-state index is -0.635. The predicted molar refractivity (Wildman–Crippen MR) is 135 cm³/mol. The van der Waals surface area contributed by atoms with Crippen molar-refractivity contribution < 1.29 is 9.85 Å². The van der Waals surface area contributed by atoms with Crippen molar-refractivity contribution in [2.45, 2.75) is 13.8 Å². The van der Waals surface area contributed by atoms with Gasteiger partial charge in [0.25, 0.3) is 0 Å². The van der Waals surface area contributed by atoms with Gasteiger partial charge in [-0.15, -0.1) is 0 Å². The van der Waals surface area contributed by atoms with E-state index in [9.17, 15) is 20.2 Å². The fourth-order valence-electron chi connectivity index (χ4n) is 3.11. The number of halogens is 3. The Balaban J connectivity index is 0.000000196. The number of aromatic nitrogens is 2. The summed E-state index contributed by atoms with van der Waals surface area (Å²) in [6, 6.07) is 14.1. The summed E-state index contributed by atoms with van der Waals surface area (Å²) in [4.78, 5) is 28.7. The number of rotatable bonds is 5. The maximum absolute atomic E-state index is 11.2. The van der Waals surface area contributed by atoms with E-state index in [1.165, 1.54) is 0 Å². The Kier molecular flexibility index (Phi) is 8.03. The second-order valence-corrected chi connectivity index (χ2v) is 8.61. The molecule has 34 heavy (non-hydrogen) atoms. The summed E-state index contributed by atoms with van der Waals surface area (Å²) in [5.74, 6) is 0.366. The Bertz CT molecular complexity index is 1400. The first-order valence-electron chi connectivity index (χ1n) is 9.96. The third-order valence-corrected chi connectivity index (χ3v) is 5.55. The summed E-state index contributed by atoms with van der Waals surface area (Å²) in [5, 5.41) is 25.9. The normalized spacial score (nSPS) is 10.8. The van der Waals surface area contributed by atoms with Crippen LogP contribution in [0.15, 0.2) is 48.5 Å². The summed E-state index contributed by atoms with van der Waals surface area (Å²) < 4.78 is 0. The van der Waals surface area contributed by atoms with E-state index in [4.69, 9.17) is 34.8 Å². The van der Waals surface area contributed by atoms with Crippen LogP contribution in [0.4, 0.5) is 17.1 Å². The van der Waals surface area contributed by atoms with Gasteiger partial charge in [0.15, 0.2) is 0 Å². The molecule has 4 aromatic rings. The average molecular weight is 523 g/mol. The number of fused-ring (bicyclic) bond motifs is 2. The monoisotopic (exact) mass is 521 g/mol. The van der Waals surface area contributed by atoms with Crippen LogP contribution in [-0.2, 0) is 0 Å². The Morgan fingerprint density at radius 2 is 1.29 bits per heavy atom. The van der Waals surface area contributed by atoms with Gasteiger partial charge in [-0.05, 0) is 18.1 Å². The average Bonchev–Trinajstić information content (AvgIpc) is 2.77. The highest BCUT2D eigenvalue weighted by atomic mass is 35.5. The van der Waals surface area contributed by atoms with E-state index in [1.807, 2.05) is 26.0 Å². The molecule has 12 heteroatoms. The van der Waals surface area contributed by atoms with Crippen LogP contribution in [-0.4, -0.2) is 26.4 Å². The zero-order valence-electron chi connectivity index (χ0n) is 18.0. The van der Waals surface area contributed by atoms with Gasteiger partial charge < -0.3 is 5.32 Å². The Hall–Kier alpha value is -3.27. The number of nitro groups is 2. The fraction of sp³-hybridized carbons (Fsp3) is 0.182. The number of hydrogen-bond donors (Lipinski definition) is 1. The van der Waals surface area contributed by atoms with Crippen molar-refractivity contribution >= 4 is 73.7 Å². The number of hydrogen-bond acceptors (Lipinski definition) is 7. The smallest absolute Gasteiger partial charge is 0.329 e. The molecule has 0 saturated carbocycles. The van der Waals surface area contributed by atoms with Crippen LogP contribution in [0.2, 0.25) is 15.3 Å². The molecule has 1 N–H and O–H groups in total. The van der Waals surface area contributed by atoms with Gasteiger partial charge in [-0.1, -0.05) is 85.0 Å². The van der Waals surface area contributed by atoms with Crippen LogP contribution in [0.1, 0.15) is 13.8 Å². The lowest BCUT2D eigenvalue weighted by Gasteiger charge is -2.12. The van der Waals surface area contributed by atoms with Gasteiger partial charge in [0.05, 0.1) is 20.9 Å². The van der Waals surface area contributed by atoms with Crippen molar-refractivity contribution in [3.8, 4) is 0 Å². The highest BCUT2D eigenvalue weighted by Gasteiger charge is 2.24. The molecule has 0 spiro atoms. The van der Waals surface area contributed by atoms with Crippen LogP contribution in [0.5, 0.6) is 0 Å². The molecule has 9 nitrogen and oxygen atoms in total. The number of pyridine rings is 2. The topological polar surface area (TPSA) is 124 Å². The van der Waals surface area contributed by atoms with Crippen molar-refractivity contribution in [1.29, 1.82) is 0 Å². The van der Waals surface area contributed by atoms with Crippen LogP contribution in [0, 0.1) is 26.1 Å². The zero-order valence-corrected chi connectivity index (χ0v) is 20.2. The summed E-state index contributed by atoms with van der Waals surface area (Å²) in [6.45, 7) is 4.69. The van der Waals surface area contributed by atoms with Gasteiger partial charge in [0.1, 0.15) is 10.7 Å². The molecule has 0 aliphatic rings. The zero-order chi connectivity index (χ0) is 25.0. The number of nitrogens with zero attached hydrogens (tertiary/aromatic N) is 4. The third kappa shape index (κ3) is 5.44. The standard InChI is InChI=1S/C13H14ClN3O2.C9H4Cl2N2O2/c1-8(2)7-15-11-9-5-3-4-6-10(9)16-13(14)12(11)17(18)19;10-7-5-3-1-2-4-6(5)12-9(11)8(7)13(14)15/h3-6,8H,7H2,1-2H3,(H,15,16);1-4H. The molecule has 0 saturated heterocycles. The number of para-hydroxylation sites is 2. The van der Waals surface area contributed by atoms with E-state index in [1.54, 1.807) is 36.4 Å². The SMILES string of the molecule is CC(C)CNc1c([N+](=O)[O-])c(Cl)nc2ccccc12.O=[N+]([O-])c1c(Cl)nc2ccccc2c1Cl. The molecule has 0 unspecified atom stereocenters. The molecular formula is C22H18Cl3N5O4. The van der Waals surface area contributed by atoms with E-state index in [0.29, 0.717) is 40.0 Å².